The molecule has 1 saturated heterocycles. The Kier molecular flexibility index (Phi) is 2.73. The maximum atomic E-state index is 12.4. The number of hydrogen-bond donors (Lipinski definition) is 0. The molecule has 1 rings (SSSR count). The fourth-order valence-electron chi connectivity index (χ4n) is 1.27. The van der Waals surface area contributed by atoms with Gasteiger partial charge in [-0.3, -0.25) is 0 Å². The van der Waals surface area contributed by atoms with Gasteiger partial charge in [0.15, 0.2) is 0 Å². The van der Waals surface area contributed by atoms with Crippen molar-refractivity contribution < 1.29 is 35.9 Å². The van der Waals surface area contributed by atoms with Crippen molar-refractivity contribution in [3.05, 3.63) is 12.2 Å². The lowest BCUT2D eigenvalue weighted by atomic mass is 9.90. The van der Waals surface area contributed by atoms with Gasteiger partial charge in [0.1, 0.15) is 0 Å². The first-order valence-corrected chi connectivity index (χ1v) is 4.06. The Morgan fingerprint density at radius 2 is 1.56 bits per heavy atom. The first-order valence-electron chi connectivity index (χ1n) is 4.06. The Morgan fingerprint density at radius 1 is 1.12 bits per heavy atom. The summed E-state index contributed by atoms with van der Waals surface area (Å²) in [5.41, 5.74) is -4.80. The van der Waals surface area contributed by atoms with E-state index < -0.39 is 42.3 Å². The number of alkyl halides is 6. The van der Waals surface area contributed by atoms with Crippen LogP contribution in [0.25, 0.3) is 0 Å². The Morgan fingerprint density at radius 3 is 1.88 bits per heavy atom. The highest BCUT2D eigenvalue weighted by Crippen LogP contribution is 2.51. The molecule has 0 aromatic heterocycles. The van der Waals surface area contributed by atoms with Gasteiger partial charge in [-0.2, -0.15) is 26.3 Å². The van der Waals surface area contributed by atoms with Crippen LogP contribution in [0.1, 0.15) is 12.8 Å². The molecule has 0 aliphatic carbocycles. The Labute approximate surface area is 85.9 Å². The minimum atomic E-state index is -5.69. The summed E-state index contributed by atoms with van der Waals surface area (Å²) in [6.45, 7) is 3.02. The van der Waals surface area contributed by atoms with Gasteiger partial charge in [0.2, 0.25) is 0 Å². The number of rotatable bonds is 0. The van der Waals surface area contributed by atoms with E-state index in [1.807, 2.05) is 0 Å². The van der Waals surface area contributed by atoms with E-state index in [1.54, 1.807) is 0 Å². The molecule has 0 unspecified atom stereocenters. The molecule has 0 N–H and O–H groups in total. The van der Waals surface area contributed by atoms with Crippen molar-refractivity contribution in [2.75, 3.05) is 0 Å². The summed E-state index contributed by atoms with van der Waals surface area (Å²) in [6.07, 6.45) is -13.5. The third-order valence-corrected chi connectivity index (χ3v) is 2.25. The normalized spacial score (nSPS) is 21.9. The molecule has 0 bridgehead atoms. The van der Waals surface area contributed by atoms with Gasteiger partial charge in [-0.1, -0.05) is 6.58 Å². The number of cyclic esters (lactones) is 1. The Hall–Kier alpha value is -1.21. The summed E-state index contributed by atoms with van der Waals surface area (Å²) in [6, 6.07) is 0. The van der Waals surface area contributed by atoms with Crippen LogP contribution < -0.4 is 0 Å². The highest BCUT2D eigenvalue weighted by molar-refractivity contribution is 5.89. The molecule has 8 heteroatoms. The van der Waals surface area contributed by atoms with Crippen LogP contribution in [0, 0.1) is 0 Å². The first-order chi connectivity index (χ1) is 7.01. The fraction of sp³-hybridized carbons (Fsp3) is 0.625. The molecule has 1 heterocycles. The molecule has 0 saturated carbocycles. The highest BCUT2D eigenvalue weighted by Gasteiger charge is 2.74. The van der Waals surface area contributed by atoms with E-state index in [0.717, 1.165) is 0 Å². The molecule has 0 atom stereocenters. The highest BCUT2D eigenvalue weighted by atomic mass is 19.4. The fourth-order valence-corrected chi connectivity index (χ4v) is 1.27. The molecule has 0 aromatic carbocycles. The summed E-state index contributed by atoms with van der Waals surface area (Å²) in [5.74, 6) is -1.67. The van der Waals surface area contributed by atoms with Crippen molar-refractivity contribution in [3.8, 4) is 0 Å². The van der Waals surface area contributed by atoms with Gasteiger partial charge in [-0.05, 0) is 6.42 Å². The molecule has 0 aromatic rings. The minimum Gasteiger partial charge on any atom is -0.436 e. The predicted molar refractivity (Wildman–Crippen MR) is 39.3 cm³/mol. The summed E-state index contributed by atoms with van der Waals surface area (Å²) in [5, 5.41) is 0. The number of hydrogen-bond acceptors (Lipinski definition) is 2. The molecule has 1 aliphatic heterocycles. The monoisotopic (exact) mass is 248 g/mol. The Bertz CT molecular complexity index is 312. The molecule has 1 fully saturated rings. The van der Waals surface area contributed by atoms with Crippen molar-refractivity contribution in [3.63, 3.8) is 0 Å². The van der Waals surface area contributed by atoms with Crippen LogP contribution >= 0.6 is 0 Å². The summed E-state index contributed by atoms with van der Waals surface area (Å²) in [7, 11) is 0. The van der Waals surface area contributed by atoms with Crippen LogP contribution in [-0.2, 0) is 9.53 Å². The maximum Gasteiger partial charge on any atom is 0.437 e. The van der Waals surface area contributed by atoms with Gasteiger partial charge >= 0.3 is 23.9 Å². The van der Waals surface area contributed by atoms with Gasteiger partial charge < -0.3 is 4.74 Å². The van der Waals surface area contributed by atoms with E-state index in [0.29, 0.717) is 0 Å². The van der Waals surface area contributed by atoms with Crippen LogP contribution in [-0.4, -0.2) is 23.9 Å². The number of carbonyl (C=O) groups excluding carboxylic acids is 1. The van der Waals surface area contributed by atoms with Gasteiger partial charge in [-0.15, -0.1) is 0 Å². The SMILES string of the molecule is C=C1CCC(C(F)(F)F)(C(F)(F)F)OC1=O. The Balaban J connectivity index is 3.19. The molecular weight excluding hydrogens is 242 g/mol. The van der Waals surface area contributed by atoms with E-state index in [-0.39, 0.29) is 0 Å². The second-order valence-electron chi connectivity index (χ2n) is 3.32. The topological polar surface area (TPSA) is 26.3 Å². The van der Waals surface area contributed by atoms with E-state index in [4.69, 9.17) is 0 Å². The van der Waals surface area contributed by atoms with E-state index >= 15 is 0 Å². The quantitative estimate of drug-likeness (QED) is 0.374. The summed E-state index contributed by atoms with van der Waals surface area (Å²) >= 11 is 0. The standard InChI is InChI=1S/C8H6F6O2/c1-4-2-3-6(7(9,10)11,8(12,13)14)16-5(4)15/h1-3H2. The van der Waals surface area contributed by atoms with Crippen molar-refractivity contribution in [2.24, 2.45) is 0 Å². The number of esters is 1. The maximum absolute atomic E-state index is 12.4. The van der Waals surface area contributed by atoms with Gasteiger partial charge in [-0.25, -0.2) is 4.79 Å². The molecular formula is C8H6F6O2. The van der Waals surface area contributed by atoms with Gasteiger partial charge in [0, 0.05) is 12.0 Å². The lowest BCUT2D eigenvalue weighted by Crippen LogP contribution is -2.61. The molecule has 0 spiro atoms. The first kappa shape index (κ1) is 12.9. The zero-order chi connectivity index (χ0) is 12.8. The average Bonchev–Trinajstić information content (AvgIpc) is 2.05. The second kappa shape index (κ2) is 3.39. The van der Waals surface area contributed by atoms with Crippen molar-refractivity contribution in [2.45, 2.75) is 30.8 Å². The van der Waals surface area contributed by atoms with Crippen LogP contribution in [0.5, 0.6) is 0 Å². The number of ether oxygens (including phenoxy) is 1. The van der Waals surface area contributed by atoms with Crippen molar-refractivity contribution in [1.82, 2.24) is 0 Å². The van der Waals surface area contributed by atoms with Crippen LogP contribution in [0.15, 0.2) is 12.2 Å². The third kappa shape index (κ3) is 1.76. The zero-order valence-corrected chi connectivity index (χ0v) is 7.71. The van der Waals surface area contributed by atoms with Crippen LogP contribution in [0.2, 0.25) is 0 Å². The molecule has 0 amide bonds. The molecule has 1 aliphatic rings. The number of carbonyl (C=O) groups is 1. The lowest BCUT2D eigenvalue weighted by Gasteiger charge is -2.39. The third-order valence-electron chi connectivity index (χ3n) is 2.25. The minimum absolute atomic E-state index is 0.399. The van der Waals surface area contributed by atoms with E-state index in [9.17, 15) is 31.1 Å². The predicted octanol–water partition coefficient (Wildman–Crippen LogP) is 2.74. The van der Waals surface area contributed by atoms with Gasteiger partial charge in [0.05, 0.1) is 0 Å². The molecule has 2 nitrogen and oxygen atoms in total. The van der Waals surface area contributed by atoms with Crippen molar-refractivity contribution in [1.29, 1.82) is 0 Å². The summed E-state index contributed by atoms with van der Waals surface area (Å²) < 4.78 is 77.7. The molecule has 16 heavy (non-hydrogen) atoms. The lowest BCUT2D eigenvalue weighted by molar-refractivity contribution is -0.373. The number of halogens is 6. The van der Waals surface area contributed by atoms with E-state index in [2.05, 4.69) is 11.3 Å². The van der Waals surface area contributed by atoms with E-state index in [1.165, 1.54) is 0 Å². The average molecular weight is 248 g/mol. The van der Waals surface area contributed by atoms with Crippen LogP contribution in [0.4, 0.5) is 26.3 Å². The van der Waals surface area contributed by atoms with Gasteiger partial charge in [0.25, 0.3) is 0 Å². The molecule has 0 radical (unpaired) electrons. The molecule has 92 valence electrons. The second-order valence-corrected chi connectivity index (χ2v) is 3.32. The van der Waals surface area contributed by atoms with Crippen LogP contribution in [0.3, 0.4) is 0 Å². The largest absolute Gasteiger partial charge is 0.437 e. The summed E-state index contributed by atoms with van der Waals surface area (Å²) in [4.78, 5) is 10.8. The zero-order valence-electron chi connectivity index (χ0n) is 7.71. The van der Waals surface area contributed by atoms with Crippen molar-refractivity contribution >= 4 is 5.97 Å². The smallest absolute Gasteiger partial charge is 0.436 e.